The zero-order valence-corrected chi connectivity index (χ0v) is 14.0. The summed E-state index contributed by atoms with van der Waals surface area (Å²) in [6, 6.07) is 4.82. The molecule has 0 aliphatic carbocycles. The van der Waals surface area contributed by atoms with Crippen LogP contribution in [-0.2, 0) is 9.59 Å². The molecule has 1 aromatic rings. The molecule has 5 nitrogen and oxygen atoms in total. The molecular weight excluding hydrogens is 309 g/mol. The first-order chi connectivity index (χ1) is 11.5. The largest absolute Gasteiger partial charge is 0.371 e. The van der Waals surface area contributed by atoms with Gasteiger partial charge in [-0.2, -0.15) is 0 Å². The Hall–Kier alpha value is -2.11. The fraction of sp³-hybridized carbons (Fsp3) is 0.556. The molecule has 2 heterocycles. The van der Waals surface area contributed by atoms with Crippen LogP contribution in [0.15, 0.2) is 18.2 Å². The third kappa shape index (κ3) is 3.23. The summed E-state index contributed by atoms with van der Waals surface area (Å²) in [5.74, 6) is -0.636. The van der Waals surface area contributed by atoms with Gasteiger partial charge in [-0.15, -0.1) is 0 Å². The minimum Gasteiger partial charge on any atom is -0.371 e. The highest BCUT2D eigenvalue weighted by Gasteiger charge is 2.37. The number of benzene rings is 1. The number of likely N-dealkylation sites (tertiary alicyclic amines) is 1. The fourth-order valence-corrected chi connectivity index (χ4v) is 3.72. The van der Waals surface area contributed by atoms with E-state index in [1.54, 1.807) is 24.0 Å². The second-order valence-electron chi connectivity index (χ2n) is 6.79. The van der Waals surface area contributed by atoms with Gasteiger partial charge >= 0.3 is 0 Å². The van der Waals surface area contributed by atoms with Crippen molar-refractivity contribution in [3.05, 3.63) is 29.6 Å². The summed E-state index contributed by atoms with van der Waals surface area (Å²) in [4.78, 5) is 28.0. The lowest BCUT2D eigenvalue weighted by molar-refractivity contribution is -0.141. The number of hydrogen-bond donors (Lipinski definition) is 1. The summed E-state index contributed by atoms with van der Waals surface area (Å²) in [6.07, 6.45) is 2.94. The summed E-state index contributed by atoms with van der Waals surface area (Å²) in [5.41, 5.74) is 6.90. The van der Waals surface area contributed by atoms with Gasteiger partial charge in [0.25, 0.3) is 0 Å². The lowest BCUT2D eigenvalue weighted by Crippen LogP contribution is -2.48. The topological polar surface area (TPSA) is 66.6 Å². The molecule has 0 bridgehead atoms. The summed E-state index contributed by atoms with van der Waals surface area (Å²) in [5, 5.41) is 0. The zero-order valence-electron chi connectivity index (χ0n) is 14.0. The molecule has 2 amide bonds. The summed E-state index contributed by atoms with van der Waals surface area (Å²) < 4.78 is 13.7. The van der Waals surface area contributed by atoms with Gasteiger partial charge in [0.05, 0.1) is 0 Å². The number of halogens is 1. The number of primary amides is 1. The number of rotatable bonds is 3. The molecule has 2 aliphatic heterocycles. The van der Waals surface area contributed by atoms with Crippen LogP contribution >= 0.6 is 0 Å². The van der Waals surface area contributed by atoms with Crippen molar-refractivity contribution >= 4 is 17.5 Å². The van der Waals surface area contributed by atoms with Crippen molar-refractivity contribution in [1.29, 1.82) is 0 Å². The Morgan fingerprint density at radius 2 is 1.88 bits per heavy atom. The molecule has 3 rings (SSSR count). The molecule has 0 spiro atoms. The van der Waals surface area contributed by atoms with Gasteiger partial charge in [-0.05, 0) is 50.3 Å². The van der Waals surface area contributed by atoms with Gasteiger partial charge in [0.2, 0.25) is 11.8 Å². The number of carbonyl (C=O) groups is 2. The summed E-state index contributed by atoms with van der Waals surface area (Å²) in [7, 11) is 0. The van der Waals surface area contributed by atoms with Crippen LogP contribution in [0, 0.1) is 18.7 Å². The molecule has 2 saturated heterocycles. The van der Waals surface area contributed by atoms with Crippen molar-refractivity contribution in [2.24, 2.45) is 11.7 Å². The third-order valence-electron chi connectivity index (χ3n) is 5.23. The van der Waals surface area contributed by atoms with Crippen LogP contribution < -0.4 is 10.6 Å². The summed E-state index contributed by atoms with van der Waals surface area (Å²) >= 11 is 0. The Morgan fingerprint density at radius 1 is 1.17 bits per heavy atom. The molecule has 2 aliphatic rings. The second kappa shape index (κ2) is 6.79. The Morgan fingerprint density at radius 3 is 2.50 bits per heavy atom. The minimum absolute atomic E-state index is 0.0473. The van der Waals surface area contributed by atoms with Crippen molar-refractivity contribution in [3.63, 3.8) is 0 Å². The molecule has 130 valence electrons. The van der Waals surface area contributed by atoms with Crippen molar-refractivity contribution in [2.45, 2.75) is 38.6 Å². The molecule has 0 aromatic heterocycles. The van der Waals surface area contributed by atoms with Crippen LogP contribution in [0.4, 0.5) is 10.1 Å². The monoisotopic (exact) mass is 333 g/mol. The van der Waals surface area contributed by atoms with E-state index in [9.17, 15) is 14.0 Å². The number of piperidine rings is 1. The van der Waals surface area contributed by atoms with E-state index >= 15 is 0 Å². The predicted molar refractivity (Wildman–Crippen MR) is 90.0 cm³/mol. The van der Waals surface area contributed by atoms with Crippen LogP contribution in [-0.4, -0.2) is 42.4 Å². The van der Waals surface area contributed by atoms with Gasteiger partial charge in [0.15, 0.2) is 0 Å². The van der Waals surface area contributed by atoms with E-state index in [-0.39, 0.29) is 17.6 Å². The molecule has 2 N–H and O–H groups in total. The fourth-order valence-electron chi connectivity index (χ4n) is 3.72. The second-order valence-corrected chi connectivity index (χ2v) is 6.79. The molecule has 1 aromatic carbocycles. The maximum Gasteiger partial charge on any atom is 0.240 e. The summed E-state index contributed by atoms with van der Waals surface area (Å²) in [6.45, 7) is 3.80. The highest BCUT2D eigenvalue weighted by molar-refractivity contribution is 5.88. The van der Waals surface area contributed by atoms with Crippen molar-refractivity contribution in [2.75, 3.05) is 24.5 Å². The SMILES string of the molecule is Cc1ccc(N2CCC(C(=O)N3CCC[C@H]3C(N)=O)CC2)cc1F. The van der Waals surface area contributed by atoms with Crippen molar-refractivity contribution < 1.29 is 14.0 Å². The first-order valence-corrected chi connectivity index (χ1v) is 8.58. The van der Waals surface area contributed by atoms with E-state index in [1.165, 1.54) is 0 Å². The molecule has 24 heavy (non-hydrogen) atoms. The Bertz CT molecular complexity index is 641. The molecule has 1 atom stereocenters. The van der Waals surface area contributed by atoms with Gasteiger partial charge in [0, 0.05) is 31.2 Å². The van der Waals surface area contributed by atoms with Crippen LogP contribution in [0.25, 0.3) is 0 Å². The first kappa shape index (κ1) is 16.7. The average Bonchev–Trinajstić information content (AvgIpc) is 3.07. The third-order valence-corrected chi connectivity index (χ3v) is 5.23. The maximum atomic E-state index is 13.7. The van der Waals surface area contributed by atoms with Gasteiger partial charge in [-0.1, -0.05) is 6.07 Å². The quantitative estimate of drug-likeness (QED) is 0.918. The molecule has 0 saturated carbocycles. The van der Waals surface area contributed by atoms with E-state index in [0.29, 0.717) is 31.6 Å². The van der Waals surface area contributed by atoms with Gasteiger partial charge < -0.3 is 15.5 Å². The lowest BCUT2D eigenvalue weighted by Gasteiger charge is -2.35. The molecular formula is C18H24FN3O2. The normalized spacial score (nSPS) is 22.0. The van der Waals surface area contributed by atoms with E-state index in [2.05, 4.69) is 4.90 Å². The lowest BCUT2D eigenvalue weighted by atomic mass is 9.94. The van der Waals surface area contributed by atoms with Crippen LogP contribution in [0.2, 0.25) is 0 Å². The van der Waals surface area contributed by atoms with Crippen LogP contribution in [0.1, 0.15) is 31.2 Å². The first-order valence-electron chi connectivity index (χ1n) is 8.58. The number of nitrogens with zero attached hydrogens (tertiary/aromatic N) is 2. The highest BCUT2D eigenvalue weighted by Crippen LogP contribution is 2.28. The number of hydrogen-bond acceptors (Lipinski definition) is 3. The van der Waals surface area contributed by atoms with Gasteiger partial charge in [-0.3, -0.25) is 9.59 Å². The van der Waals surface area contributed by atoms with Gasteiger partial charge in [0.1, 0.15) is 11.9 Å². The highest BCUT2D eigenvalue weighted by atomic mass is 19.1. The number of amides is 2. The number of carbonyl (C=O) groups excluding carboxylic acids is 2. The smallest absolute Gasteiger partial charge is 0.240 e. The number of nitrogens with two attached hydrogens (primary N) is 1. The van der Waals surface area contributed by atoms with E-state index in [4.69, 9.17) is 5.73 Å². The van der Waals surface area contributed by atoms with Crippen LogP contribution in [0.5, 0.6) is 0 Å². The van der Waals surface area contributed by atoms with E-state index in [0.717, 1.165) is 24.9 Å². The molecule has 2 fully saturated rings. The Kier molecular flexibility index (Phi) is 4.73. The van der Waals surface area contributed by atoms with E-state index in [1.807, 2.05) is 6.07 Å². The van der Waals surface area contributed by atoms with Gasteiger partial charge in [-0.25, -0.2) is 4.39 Å². The van der Waals surface area contributed by atoms with E-state index < -0.39 is 11.9 Å². The Labute approximate surface area is 141 Å². The minimum atomic E-state index is -0.443. The average molecular weight is 333 g/mol. The molecule has 6 heteroatoms. The predicted octanol–water partition coefficient (Wildman–Crippen LogP) is 1.83. The maximum absolute atomic E-state index is 13.7. The zero-order chi connectivity index (χ0) is 17.3. The molecule has 0 radical (unpaired) electrons. The van der Waals surface area contributed by atoms with Crippen molar-refractivity contribution in [3.8, 4) is 0 Å². The van der Waals surface area contributed by atoms with Crippen LogP contribution in [0.3, 0.4) is 0 Å². The Balaban J connectivity index is 1.61. The standard InChI is InChI=1S/C18H24FN3O2/c1-12-4-5-14(11-15(12)19)21-9-6-13(7-10-21)18(24)22-8-2-3-16(22)17(20)23/h4-5,11,13,16H,2-3,6-10H2,1H3,(H2,20,23)/t16-/m0/s1. The number of anilines is 1. The number of aryl methyl sites for hydroxylation is 1. The molecule has 0 unspecified atom stereocenters. The van der Waals surface area contributed by atoms with Crippen molar-refractivity contribution in [1.82, 2.24) is 4.90 Å².